The topological polar surface area (TPSA) is 50.4 Å². The fourth-order valence-electron chi connectivity index (χ4n) is 6.62. The van der Waals surface area contributed by atoms with Crippen LogP contribution in [-0.4, -0.2) is 18.0 Å². The number of hydrogen-bond donors (Lipinski definition) is 1. The van der Waals surface area contributed by atoms with Gasteiger partial charge in [-0.25, -0.2) is 0 Å². The molecule has 2 fully saturated rings. The second-order valence-corrected chi connectivity index (χ2v) is 8.56. The van der Waals surface area contributed by atoms with E-state index in [4.69, 9.17) is 4.42 Å². The van der Waals surface area contributed by atoms with Gasteiger partial charge in [0.1, 0.15) is 12.0 Å². The molecule has 23 heavy (non-hydrogen) atoms. The minimum atomic E-state index is -0.509. The third-order valence-corrected chi connectivity index (χ3v) is 7.85. The highest BCUT2D eigenvalue weighted by Crippen LogP contribution is 2.64. The highest BCUT2D eigenvalue weighted by Gasteiger charge is 2.59. The van der Waals surface area contributed by atoms with E-state index in [9.17, 15) is 9.90 Å². The van der Waals surface area contributed by atoms with E-state index in [2.05, 4.69) is 19.9 Å². The van der Waals surface area contributed by atoms with E-state index in [0.29, 0.717) is 23.7 Å². The van der Waals surface area contributed by atoms with Crippen LogP contribution in [0.25, 0.3) is 0 Å². The van der Waals surface area contributed by atoms with Gasteiger partial charge >= 0.3 is 0 Å². The monoisotopic (exact) mass is 316 g/mol. The lowest BCUT2D eigenvalue weighted by molar-refractivity contribution is -0.151. The molecule has 3 nitrogen and oxygen atoms in total. The molecule has 6 atom stereocenters. The summed E-state index contributed by atoms with van der Waals surface area (Å²) in [4.78, 5) is 11.9. The molecule has 1 aromatic rings. The maximum Gasteiger partial charge on any atom is 0.128 e. The Kier molecular flexibility index (Phi) is 3.49. The van der Waals surface area contributed by atoms with Crippen LogP contribution in [0.15, 0.2) is 16.7 Å². The van der Waals surface area contributed by atoms with Crippen molar-refractivity contribution >= 4 is 6.29 Å². The SMILES string of the molecule is C[C@H]1c2ccoc2C[C@H]2[C@H]1CC[C@H]1[C@](C=O)(CO)CCC[C@]21C. The molecule has 3 aliphatic carbocycles. The van der Waals surface area contributed by atoms with Gasteiger partial charge in [-0.3, -0.25) is 0 Å². The zero-order valence-corrected chi connectivity index (χ0v) is 14.3. The quantitative estimate of drug-likeness (QED) is 0.841. The first-order valence-electron chi connectivity index (χ1n) is 9.19. The third kappa shape index (κ3) is 1.95. The predicted octanol–water partition coefficient (Wildman–Crippen LogP) is 3.95. The van der Waals surface area contributed by atoms with Gasteiger partial charge in [0.15, 0.2) is 0 Å². The minimum absolute atomic E-state index is 0.00962. The number of carbonyl (C=O) groups is 1. The van der Waals surface area contributed by atoms with Crippen molar-refractivity contribution in [3.8, 4) is 0 Å². The van der Waals surface area contributed by atoms with E-state index in [1.54, 1.807) is 0 Å². The van der Waals surface area contributed by atoms with Gasteiger partial charge in [0.2, 0.25) is 0 Å². The van der Waals surface area contributed by atoms with Crippen molar-refractivity contribution in [2.24, 2.45) is 28.6 Å². The van der Waals surface area contributed by atoms with Crippen molar-refractivity contribution in [3.05, 3.63) is 23.7 Å². The van der Waals surface area contributed by atoms with E-state index in [0.717, 1.165) is 37.7 Å². The highest BCUT2D eigenvalue weighted by atomic mass is 16.3. The lowest BCUT2D eigenvalue weighted by atomic mass is 9.43. The van der Waals surface area contributed by atoms with E-state index < -0.39 is 5.41 Å². The average Bonchev–Trinajstić information content (AvgIpc) is 3.03. The number of furan rings is 1. The van der Waals surface area contributed by atoms with Crippen molar-refractivity contribution in [1.82, 2.24) is 0 Å². The Hall–Kier alpha value is -1.09. The first kappa shape index (κ1) is 15.4. The van der Waals surface area contributed by atoms with Crippen molar-refractivity contribution in [1.29, 1.82) is 0 Å². The Morgan fingerprint density at radius 1 is 1.39 bits per heavy atom. The molecule has 0 amide bonds. The Labute approximate surface area is 138 Å². The summed E-state index contributed by atoms with van der Waals surface area (Å²) in [7, 11) is 0. The maximum atomic E-state index is 11.9. The molecule has 2 saturated carbocycles. The summed E-state index contributed by atoms with van der Waals surface area (Å²) >= 11 is 0. The van der Waals surface area contributed by atoms with Crippen LogP contribution in [0.3, 0.4) is 0 Å². The van der Waals surface area contributed by atoms with Gasteiger partial charge in [-0.1, -0.05) is 20.3 Å². The molecular weight excluding hydrogens is 288 g/mol. The Morgan fingerprint density at radius 2 is 2.22 bits per heavy atom. The number of aldehydes is 1. The highest BCUT2D eigenvalue weighted by molar-refractivity contribution is 5.61. The number of aliphatic hydroxyl groups is 1. The zero-order valence-electron chi connectivity index (χ0n) is 14.3. The number of rotatable bonds is 2. The summed E-state index contributed by atoms with van der Waals surface area (Å²) in [6.45, 7) is 4.74. The Morgan fingerprint density at radius 3 is 2.96 bits per heavy atom. The molecule has 0 spiro atoms. The molecule has 0 saturated heterocycles. The number of carbonyl (C=O) groups excluding carboxylic acids is 1. The molecule has 0 bridgehead atoms. The number of aliphatic hydroxyl groups excluding tert-OH is 1. The van der Waals surface area contributed by atoms with E-state index in [1.165, 1.54) is 18.4 Å². The van der Waals surface area contributed by atoms with Gasteiger partial charge in [-0.15, -0.1) is 0 Å². The summed E-state index contributed by atoms with van der Waals surface area (Å²) in [5.74, 6) is 3.27. The van der Waals surface area contributed by atoms with E-state index in [-0.39, 0.29) is 12.0 Å². The van der Waals surface area contributed by atoms with Gasteiger partial charge in [0.05, 0.1) is 18.3 Å². The molecule has 3 heteroatoms. The van der Waals surface area contributed by atoms with Gasteiger partial charge in [-0.05, 0) is 66.4 Å². The molecule has 0 radical (unpaired) electrons. The van der Waals surface area contributed by atoms with Crippen molar-refractivity contribution in [2.45, 2.75) is 58.3 Å². The van der Waals surface area contributed by atoms with Crippen molar-refractivity contribution < 1.29 is 14.3 Å². The fourth-order valence-corrected chi connectivity index (χ4v) is 6.62. The summed E-state index contributed by atoms with van der Waals surface area (Å²) in [6.07, 6.45) is 9.26. The molecule has 4 rings (SSSR count). The third-order valence-electron chi connectivity index (χ3n) is 7.85. The van der Waals surface area contributed by atoms with Gasteiger partial charge < -0.3 is 14.3 Å². The van der Waals surface area contributed by atoms with Crippen LogP contribution in [-0.2, 0) is 11.2 Å². The van der Waals surface area contributed by atoms with Crippen LogP contribution >= 0.6 is 0 Å². The molecular formula is C20H28O3. The second kappa shape index (κ2) is 5.20. The van der Waals surface area contributed by atoms with Crippen LogP contribution < -0.4 is 0 Å². The first-order valence-corrected chi connectivity index (χ1v) is 9.19. The lowest BCUT2D eigenvalue weighted by Crippen LogP contribution is -2.57. The van der Waals surface area contributed by atoms with Crippen LogP contribution in [0.2, 0.25) is 0 Å². The second-order valence-electron chi connectivity index (χ2n) is 8.56. The fraction of sp³-hybridized carbons (Fsp3) is 0.750. The predicted molar refractivity (Wildman–Crippen MR) is 88.1 cm³/mol. The zero-order chi connectivity index (χ0) is 16.2. The van der Waals surface area contributed by atoms with Gasteiger partial charge in [-0.2, -0.15) is 0 Å². The van der Waals surface area contributed by atoms with Crippen LogP contribution in [0.5, 0.6) is 0 Å². The van der Waals surface area contributed by atoms with Crippen molar-refractivity contribution in [2.75, 3.05) is 6.61 Å². The molecule has 1 N–H and O–H groups in total. The van der Waals surface area contributed by atoms with Crippen molar-refractivity contribution in [3.63, 3.8) is 0 Å². The lowest BCUT2D eigenvalue weighted by Gasteiger charge is -2.60. The summed E-state index contributed by atoms with van der Waals surface area (Å²) < 4.78 is 5.79. The largest absolute Gasteiger partial charge is 0.469 e. The molecule has 0 unspecified atom stereocenters. The molecule has 1 aromatic heterocycles. The van der Waals surface area contributed by atoms with Crippen LogP contribution in [0.1, 0.15) is 63.2 Å². The summed E-state index contributed by atoms with van der Waals surface area (Å²) in [5.41, 5.74) is 1.03. The van der Waals surface area contributed by atoms with Gasteiger partial charge in [0, 0.05) is 6.42 Å². The van der Waals surface area contributed by atoms with Crippen LogP contribution in [0, 0.1) is 28.6 Å². The average molecular weight is 316 g/mol. The maximum absolute atomic E-state index is 11.9. The van der Waals surface area contributed by atoms with Gasteiger partial charge in [0.25, 0.3) is 0 Å². The van der Waals surface area contributed by atoms with Crippen LogP contribution in [0.4, 0.5) is 0 Å². The molecule has 0 aliphatic heterocycles. The Balaban J connectivity index is 1.75. The standard InChI is InChI=1S/C20H28O3/c1-13-14-4-5-18-19(2,7-3-8-20(18,11-21)12-22)16(14)10-17-15(13)6-9-23-17/h6,9,11,13-14,16,18,22H,3-5,7-8,10,12H2,1-2H3/t13-,14+,16+,18-,19-,20-/m1/s1. The summed E-state index contributed by atoms with van der Waals surface area (Å²) in [6, 6.07) is 2.15. The molecule has 3 aliphatic rings. The molecule has 1 heterocycles. The number of hydrogen-bond acceptors (Lipinski definition) is 3. The smallest absolute Gasteiger partial charge is 0.128 e. The van der Waals surface area contributed by atoms with E-state index >= 15 is 0 Å². The first-order chi connectivity index (χ1) is 11.1. The Bertz CT molecular complexity index is 606. The minimum Gasteiger partial charge on any atom is -0.469 e. The normalized spacial score (nSPS) is 45.7. The number of fused-ring (bicyclic) bond motifs is 4. The summed E-state index contributed by atoms with van der Waals surface area (Å²) in [5, 5.41) is 10.0. The molecule has 0 aromatic carbocycles. The molecule has 126 valence electrons. The van der Waals surface area contributed by atoms with E-state index in [1.807, 2.05) is 6.26 Å².